The molecule has 1 N–H and O–H groups in total. The van der Waals surface area contributed by atoms with Crippen LogP contribution in [0.4, 0.5) is 5.69 Å². The molecule has 0 aliphatic heterocycles. The van der Waals surface area contributed by atoms with Crippen LogP contribution in [0, 0.1) is 0 Å². The second-order valence-corrected chi connectivity index (χ2v) is 9.31. The number of benzene rings is 2. The minimum absolute atomic E-state index is 0.0384. The van der Waals surface area contributed by atoms with Gasteiger partial charge in [0.2, 0.25) is 10.0 Å². The van der Waals surface area contributed by atoms with Crippen molar-refractivity contribution in [2.45, 2.75) is 25.3 Å². The van der Waals surface area contributed by atoms with Gasteiger partial charge in [0.1, 0.15) is 0 Å². The number of methoxy groups -OCH3 is 1. The van der Waals surface area contributed by atoms with Gasteiger partial charge in [0.05, 0.1) is 22.1 Å². The van der Waals surface area contributed by atoms with Gasteiger partial charge < -0.3 is 14.6 Å². The molecule has 0 bridgehead atoms. The highest BCUT2D eigenvalue weighted by Gasteiger charge is 2.24. The van der Waals surface area contributed by atoms with Crippen LogP contribution in [0.3, 0.4) is 0 Å². The number of amides is 1. The largest absolute Gasteiger partial charge is 0.383 e. The predicted octanol–water partition coefficient (Wildman–Crippen LogP) is 4.22. The standard InChI is InChI=1S/C22H26ClN3O4S/c1-4-26(5-2)31(28,29)18-7-8-20(23)19(15-18)22(27)24-17-6-9-21-16(14-17)10-11-25(21)12-13-30-3/h6-11,14-15H,4-5,12-13H2,1-3H3,(H,24,27). The third-order valence-electron chi connectivity index (χ3n) is 5.09. The van der Waals surface area contributed by atoms with E-state index in [-0.39, 0.29) is 15.5 Å². The first-order chi connectivity index (χ1) is 14.8. The Morgan fingerprint density at radius 1 is 1.13 bits per heavy atom. The molecule has 1 amide bonds. The number of nitrogens with zero attached hydrogens (tertiary/aromatic N) is 2. The van der Waals surface area contributed by atoms with Crippen LogP contribution in [0.15, 0.2) is 53.6 Å². The zero-order valence-corrected chi connectivity index (χ0v) is 19.3. The molecule has 0 spiro atoms. The number of hydrogen-bond acceptors (Lipinski definition) is 4. The second-order valence-electron chi connectivity index (χ2n) is 6.96. The van der Waals surface area contributed by atoms with E-state index in [1.54, 1.807) is 27.0 Å². The maximum Gasteiger partial charge on any atom is 0.257 e. The number of anilines is 1. The Bertz CT molecular complexity index is 1190. The Morgan fingerprint density at radius 3 is 2.55 bits per heavy atom. The van der Waals surface area contributed by atoms with Gasteiger partial charge in [-0.15, -0.1) is 0 Å². The van der Waals surface area contributed by atoms with Crippen LogP contribution in [0.2, 0.25) is 5.02 Å². The fraction of sp³-hybridized carbons (Fsp3) is 0.318. The summed E-state index contributed by atoms with van der Waals surface area (Å²) in [6.07, 6.45) is 1.97. The molecule has 0 unspecified atom stereocenters. The van der Waals surface area contributed by atoms with Gasteiger partial charge in [0.25, 0.3) is 5.91 Å². The van der Waals surface area contributed by atoms with E-state index in [1.165, 1.54) is 22.5 Å². The first-order valence-electron chi connectivity index (χ1n) is 10.0. The average Bonchev–Trinajstić information content (AvgIpc) is 3.15. The Morgan fingerprint density at radius 2 is 1.87 bits per heavy atom. The summed E-state index contributed by atoms with van der Waals surface area (Å²) >= 11 is 6.22. The predicted molar refractivity (Wildman–Crippen MR) is 123 cm³/mol. The van der Waals surface area contributed by atoms with Crippen molar-refractivity contribution in [3.05, 3.63) is 59.2 Å². The van der Waals surface area contributed by atoms with Gasteiger partial charge in [-0.2, -0.15) is 4.31 Å². The minimum atomic E-state index is -3.70. The van der Waals surface area contributed by atoms with Crippen molar-refractivity contribution in [3.8, 4) is 0 Å². The molecule has 0 atom stereocenters. The van der Waals surface area contributed by atoms with Gasteiger partial charge in [-0.3, -0.25) is 4.79 Å². The van der Waals surface area contributed by atoms with E-state index >= 15 is 0 Å². The lowest BCUT2D eigenvalue weighted by Crippen LogP contribution is -2.30. The molecule has 1 aromatic heterocycles. The number of fused-ring (bicyclic) bond motifs is 1. The smallest absolute Gasteiger partial charge is 0.257 e. The molecule has 1 heterocycles. The van der Waals surface area contributed by atoms with Gasteiger partial charge in [0, 0.05) is 49.5 Å². The number of sulfonamides is 1. The fourth-order valence-electron chi connectivity index (χ4n) is 3.41. The number of rotatable bonds is 9. The van der Waals surface area contributed by atoms with E-state index < -0.39 is 15.9 Å². The van der Waals surface area contributed by atoms with E-state index in [9.17, 15) is 13.2 Å². The highest BCUT2D eigenvalue weighted by atomic mass is 35.5. The molecule has 0 saturated heterocycles. The van der Waals surface area contributed by atoms with Gasteiger partial charge >= 0.3 is 0 Å². The van der Waals surface area contributed by atoms with E-state index in [2.05, 4.69) is 9.88 Å². The summed E-state index contributed by atoms with van der Waals surface area (Å²) in [5, 5.41) is 3.97. The van der Waals surface area contributed by atoms with E-state index in [0.717, 1.165) is 17.4 Å². The molecule has 0 fully saturated rings. The highest BCUT2D eigenvalue weighted by Crippen LogP contribution is 2.25. The lowest BCUT2D eigenvalue weighted by molar-refractivity contribution is 0.102. The lowest BCUT2D eigenvalue weighted by atomic mass is 10.2. The van der Waals surface area contributed by atoms with E-state index in [4.69, 9.17) is 16.3 Å². The van der Waals surface area contributed by atoms with Crippen molar-refractivity contribution >= 4 is 44.1 Å². The number of ether oxygens (including phenoxy) is 1. The molecule has 7 nitrogen and oxygen atoms in total. The van der Waals surface area contributed by atoms with E-state index in [1.807, 2.05) is 24.4 Å². The Hall–Kier alpha value is -2.39. The summed E-state index contributed by atoms with van der Waals surface area (Å²) < 4.78 is 34.1. The van der Waals surface area contributed by atoms with Crippen LogP contribution in [0.25, 0.3) is 10.9 Å². The number of carbonyl (C=O) groups excluding carboxylic acids is 1. The van der Waals surface area contributed by atoms with Crippen LogP contribution in [0.5, 0.6) is 0 Å². The molecule has 0 aliphatic rings. The molecule has 3 rings (SSSR count). The zero-order valence-electron chi connectivity index (χ0n) is 17.8. The molecular formula is C22H26ClN3O4S. The number of aromatic nitrogens is 1. The summed E-state index contributed by atoms with van der Waals surface area (Å²) in [5.41, 5.74) is 1.73. The normalized spacial score (nSPS) is 11.9. The highest BCUT2D eigenvalue weighted by molar-refractivity contribution is 7.89. The molecule has 166 valence electrons. The van der Waals surface area contributed by atoms with Gasteiger partial charge in [0.15, 0.2) is 0 Å². The quantitative estimate of drug-likeness (QED) is 0.515. The first kappa shape index (κ1) is 23.3. The summed E-state index contributed by atoms with van der Waals surface area (Å²) in [6, 6.07) is 11.7. The lowest BCUT2D eigenvalue weighted by Gasteiger charge is -2.19. The Balaban J connectivity index is 1.86. The molecule has 9 heteroatoms. The van der Waals surface area contributed by atoms with Crippen LogP contribution in [-0.4, -0.2) is 50.0 Å². The summed E-state index contributed by atoms with van der Waals surface area (Å²) in [5.74, 6) is -0.472. The van der Waals surface area contributed by atoms with Crippen LogP contribution in [-0.2, 0) is 21.3 Å². The molecule has 0 radical (unpaired) electrons. The van der Waals surface area contributed by atoms with Crippen molar-refractivity contribution in [2.24, 2.45) is 0 Å². The van der Waals surface area contributed by atoms with Gasteiger partial charge in [-0.25, -0.2) is 8.42 Å². The van der Waals surface area contributed by atoms with Crippen LogP contribution < -0.4 is 5.32 Å². The van der Waals surface area contributed by atoms with Crippen molar-refractivity contribution in [3.63, 3.8) is 0 Å². The first-order valence-corrected chi connectivity index (χ1v) is 11.8. The average molecular weight is 464 g/mol. The maximum atomic E-state index is 12.9. The number of hydrogen-bond donors (Lipinski definition) is 1. The fourth-order valence-corrected chi connectivity index (χ4v) is 5.10. The Kier molecular flexibility index (Phi) is 7.38. The Labute approximate surface area is 187 Å². The summed E-state index contributed by atoms with van der Waals surface area (Å²) in [7, 11) is -2.04. The molecule has 31 heavy (non-hydrogen) atoms. The topological polar surface area (TPSA) is 80.6 Å². The molecule has 3 aromatic rings. The third-order valence-corrected chi connectivity index (χ3v) is 7.47. The van der Waals surface area contributed by atoms with Crippen LogP contribution >= 0.6 is 11.6 Å². The van der Waals surface area contributed by atoms with Crippen molar-refractivity contribution in [2.75, 3.05) is 32.1 Å². The maximum absolute atomic E-state index is 12.9. The summed E-state index contributed by atoms with van der Waals surface area (Å²) in [4.78, 5) is 12.9. The van der Waals surface area contributed by atoms with Crippen molar-refractivity contribution in [1.82, 2.24) is 8.87 Å². The van der Waals surface area contributed by atoms with Crippen molar-refractivity contribution in [1.29, 1.82) is 0 Å². The van der Waals surface area contributed by atoms with Gasteiger partial charge in [-0.05, 0) is 42.5 Å². The minimum Gasteiger partial charge on any atom is -0.383 e. The number of carbonyl (C=O) groups is 1. The van der Waals surface area contributed by atoms with Gasteiger partial charge in [-0.1, -0.05) is 25.4 Å². The SMILES string of the molecule is CCN(CC)S(=O)(=O)c1ccc(Cl)c(C(=O)Nc2ccc3c(ccn3CCOC)c2)c1. The monoisotopic (exact) mass is 463 g/mol. The van der Waals surface area contributed by atoms with E-state index in [0.29, 0.717) is 25.4 Å². The third kappa shape index (κ3) is 4.93. The molecular weight excluding hydrogens is 438 g/mol. The zero-order chi connectivity index (χ0) is 22.6. The number of halogens is 1. The number of nitrogens with one attached hydrogen (secondary N) is 1. The molecule has 2 aromatic carbocycles. The molecule has 0 saturated carbocycles. The second kappa shape index (κ2) is 9.82. The van der Waals surface area contributed by atoms with Crippen molar-refractivity contribution < 1.29 is 17.9 Å². The molecule has 0 aliphatic carbocycles. The summed E-state index contributed by atoms with van der Waals surface area (Å²) in [6.45, 7) is 5.55. The van der Waals surface area contributed by atoms with Crippen LogP contribution in [0.1, 0.15) is 24.2 Å².